The Morgan fingerprint density at radius 1 is 1.10 bits per heavy atom. The predicted molar refractivity (Wildman–Crippen MR) is 81.4 cm³/mol. The van der Waals surface area contributed by atoms with Gasteiger partial charge in [0.1, 0.15) is 0 Å². The van der Waals surface area contributed by atoms with Crippen LogP contribution in [0.1, 0.15) is 28.2 Å². The molecular formula is C17H17ClO2. The molecule has 0 saturated carbocycles. The van der Waals surface area contributed by atoms with E-state index in [1.165, 1.54) is 11.1 Å². The van der Waals surface area contributed by atoms with E-state index in [2.05, 4.69) is 6.07 Å². The van der Waals surface area contributed by atoms with Crippen LogP contribution in [0.25, 0.3) is 0 Å². The first-order chi connectivity index (χ1) is 9.47. The quantitative estimate of drug-likeness (QED) is 0.907. The van der Waals surface area contributed by atoms with Gasteiger partial charge in [-0.15, -0.1) is 0 Å². The highest BCUT2D eigenvalue weighted by molar-refractivity contribution is 6.30. The summed E-state index contributed by atoms with van der Waals surface area (Å²) >= 11 is 5.85. The molecule has 0 spiro atoms. The van der Waals surface area contributed by atoms with Gasteiger partial charge in [-0.3, -0.25) is 4.79 Å². The normalized spacial score (nSPS) is 12.2. The van der Waals surface area contributed by atoms with Gasteiger partial charge in [0.05, 0.1) is 5.92 Å². The Morgan fingerprint density at radius 2 is 1.75 bits per heavy atom. The number of aryl methyl sites for hydroxylation is 2. The van der Waals surface area contributed by atoms with Crippen LogP contribution in [0, 0.1) is 13.8 Å². The summed E-state index contributed by atoms with van der Waals surface area (Å²) < 4.78 is 0. The summed E-state index contributed by atoms with van der Waals surface area (Å²) in [6.07, 6.45) is 0.484. The van der Waals surface area contributed by atoms with Crippen molar-refractivity contribution in [3.8, 4) is 0 Å². The fraction of sp³-hybridized carbons (Fsp3) is 0.235. The number of benzene rings is 2. The molecule has 0 aliphatic carbocycles. The average molecular weight is 289 g/mol. The largest absolute Gasteiger partial charge is 0.481 e. The number of carboxylic acids is 1. The van der Waals surface area contributed by atoms with Gasteiger partial charge in [-0.1, -0.05) is 41.9 Å². The van der Waals surface area contributed by atoms with E-state index in [9.17, 15) is 9.90 Å². The van der Waals surface area contributed by atoms with Crippen molar-refractivity contribution in [1.82, 2.24) is 0 Å². The maximum Gasteiger partial charge on any atom is 0.311 e. The average Bonchev–Trinajstić information content (AvgIpc) is 2.41. The molecule has 0 fully saturated rings. The minimum absolute atomic E-state index is 0.484. The summed E-state index contributed by atoms with van der Waals surface area (Å²) in [6, 6.07) is 13.1. The van der Waals surface area contributed by atoms with Gasteiger partial charge in [0, 0.05) is 5.02 Å². The molecular weight excluding hydrogens is 272 g/mol. The van der Waals surface area contributed by atoms with E-state index in [0.717, 1.165) is 11.1 Å². The second kappa shape index (κ2) is 6.10. The molecule has 104 valence electrons. The topological polar surface area (TPSA) is 37.3 Å². The van der Waals surface area contributed by atoms with Crippen LogP contribution >= 0.6 is 11.6 Å². The van der Waals surface area contributed by atoms with E-state index in [4.69, 9.17) is 11.6 Å². The zero-order chi connectivity index (χ0) is 14.7. The molecule has 0 radical (unpaired) electrons. The Morgan fingerprint density at radius 3 is 2.30 bits per heavy atom. The van der Waals surface area contributed by atoms with E-state index in [0.29, 0.717) is 11.4 Å². The summed E-state index contributed by atoms with van der Waals surface area (Å²) in [5.41, 5.74) is 4.21. The van der Waals surface area contributed by atoms with Gasteiger partial charge in [-0.2, -0.15) is 0 Å². The van der Waals surface area contributed by atoms with Crippen molar-refractivity contribution in [2.24, 2.45) is 0 Å². The van der Waals surface area contributed by atoms with E-state index in [-0.39, 0.29) is 0 Å². The van der Waals surface area contributed by atoms with Crippen LogP contribution in [-0.2, 0) is 11.2 Å². The lowest BCUT2D eigenvalue weighted by Gasteiger charge is -2.14. The summed E-state index contributed by atoms with van der Waals surface area (Å²) in [6.45, 7) is 4.09. The van der Waals surface area contributed by atoms with Crippen molar-refractivity contribution in [3.05, 3.63) is 69.7 Å². The fourth-order valence-corrected chi connectivity index (χ4v) is 2.34. The highest BCUT2D eigenvalue weighted by Gasteiger charge is 2.20. The zero-order valence-electron chi connectivity index (χ0n) is 11.6. The zero-order valence-corrected chi connectivity index (χ0v) is 12.3. The number of hydrogen-bond acceptors (Lipinski definition) is 1. The molecule has 0 aliphatic rings. The van der Waals surface area contributed by atoms with Gasteiger partial charge in [0.25, 0.3) is 0 Å². The predicted octanol–water partition coefficient (Wildman–Crippen LogP) is 4.37. The van der Waals surface area contributed by atoms with E-state index in [1.807, 2.05) is 26.0 Å². The maximum absolute atomic E-state index is 11.5. The molecule has 1 unspecified atom stereocenters. The highest BCUT2D eigenvalue weighted by atomic mass is 35.5. The van der Waals surface area contributed by atoms with Crippen LogP contribution in [0.4, 0.5) is 0 Å². The first-order valence-corrected chi connectivity index (χ1v) is 6.89. The van der Waals surface area contributed by atoms with Crippen LogP contribution in [-0.4, -0.2) is 11.1 Å². The smallest absolute Gasteiger partial charge is 0.311 e. The molecule has 0 amide bonds. The van der Waals surface area contributed by atoms with Crippen LogP contribution < -0.4 is 0 Å². The van der Waals surface area contributed by atoms with Crippen LogP contribution in [0.15, 0.2) is 42.5 Å². The number of aliphatic carboxylic acids is 1. The monoisotopic (exact) mass is 288 g/mol. The van der Waals surface area contributed by atoms with Gasteiger partial charge in [0.15, 0.2) is 0 Å². The van der Waals surface area contributed by atoms with Crippen molar-refractivity contribution in [2.75, 3.05) is 0 Å². The lowest BCUT2D eigenvalue weighted by molar-refractivity contribution is -0.138. The molecule has 0 saturated heterocycles. The molecule has 2 aromatic rings. The van der Waals surface area contributed by atoms with Gasteiger partial charge >= 0.3 is 5.97 Å². The third kappa shape index (κ3) is 3.40. The minimum Gasteiger partial charge on any atom is -0.481 e. The number of halogens is 1. The summed E-state index contributed by atoms with van der Waals surface area (Å²) in [5, 5.41) is 10.1. The fourth-order valence-electron chi connectivity index (χ4n) is 2.21. The molecule has 2 aromatic carbocycles. The number of hydrogen-bond donors (Lipinski definition) is 1. The van der Waals surface area contributed by atoms with Gasteiger partial charge in [-0.05, 0) is 54.7 Å². The van der Waals surface area contributed by atoms with Gasteiger partial charge in [0.2, 0.25) is 0 Å². The molecule has 0 aromatic heterocycles. The second-order valence-electron chi connectivity index (χ2n) is 5.07. The van der Waals surface area contributed by atoms with Crippen molar-refractivity contribution in [3.63, 3.8) is 0 Å². The highest BCUT2D eigenvalue weighted by Crippen LogP contribution is 2.24. The van der Waals surface area contributed by atoms with Crippen LogP contribution in [0.3, 0.4) is 0 Å². The Labute approximate surface area is 124 Å². The second-order valence-corrected chi connectivity index (χ2v) is 5.50. The summed E-state index contributed by atoms with van der Waals surface area (Å²) in [5.74, 6) is -1.36. The van der Waals surface area contributed by atoms with Crippen molar-refractivity contribution >= 4 is 17.6 Å². The standard InChI is InChI=1S/C17H17ClO2/c1-11-3-4-13(9-12(11)2)10-16(17(19)20)14-5-7-15(18)8-6-14/h3-9,16H,10H2,1-2H3,(H,19,20). The van der Waals surface area contributed by atoms with Crippen LogP contribution in [0.5, 0.6) is 0 Å². The Balaban J connectivity index is 2.27. The number of carboxylic acid groups (broad SMARTS) is 1. The third-order valence-corrected chi connectivity index (χ3v) is 3.83. The Kier molecular flexibility index (Phi) is 4.46. The SMILES string of the molecule is Cc1ccc(CC(C(=O)O)c2ccc(Cl)cc2)cc1C. The first-order valence-electron chi connectivity index (χ1n) is 6.52. The van der Waals surface area contributed by atoms with Crippen LogP contribution in [0.2, 0.25) is 5.02 Å². The van der Waals surface area contributed by atoms with E-state index >= 15 is 0 Å². The maximum atomic E-state index is 11.5. The Bertz CT molecular complexity index is 617. The van der Waals surface area contributed by atoms with E-state index < -0.39 is 11.9 Å². The van der Waals surface area contributed by atoms with Gasteiger partial charge < -0.3 is 5.11 Å². The lowest BCUT2D eigenvalue weighted by Crippen LogP contribution is -2.14. The molecule has 2 nitrogen and oxygen atoms in total. The molecule has 0 aliphatic heterocycles. The molecule has 0 bridgehead atoms. The molecule has 20 heavy (non-hydrogen) atoms. The van der Waals surface area contributed by atoms with E-state index in [1.54, 1.807) is 24.3 Å². The van der Waals surface area contributed by atoms with Crippen molar-refractivity contribution in [2.45, 2.75) is 26.2 Å². The van der Waals surface area contributed by atoms with Gasteiger partial charge in [-0.25, -0.2) is 0 Å². The summed E-state index contributed by atoms with van der Waals surface area (Å²) in [7, 11) is 0. The Hall–Kier alpha value is -1.80. The molecule has 2 rings (SSSR count). The number of carbonyl (C=O) groups is 1. The molecule has 1 N–H and O–H groups in total. The summed E-state index contributed by atoms with van der Waals surface area (Å²) in [4.78, 5) is 11.5. The number of rotatable bonds is 4. The molecule has 0 heterocycles. The third-order valence-electron chi connectivity index (χ3n) is 3.58. The molecule has 1 atom stereocenters. The lowest BCUT2D eigenvalue weighted by atomic mass is 9.91. The first kappa shape index (κ1) is 14.6. The molecule has 3 heteroatoms. The van der Waals surface area contributed by atoms with Crippen molar-refractivity contribution < 1.29 is 9.90 Å². The minimum atomic E-state index is -0.814. The van der Waals surface area contributed by atoms with Crippen molar-refractivity contribution in [1.29, 1.82) is 0 Å².